The first kappa shape index (κ1) is 29.0. The van der Waals surface area contributed by atoms with Crippen LogP contribution < -0.4 is 19.1 Å². The van der Waals surface area contributed by atoms with Crippen LogP contribution in [0.25, 0.3) is 0 Å². The Kier molecular flexibility index (Phi) is 9.75. The molecule has 2 rings (SSSR count). The average Bonchev–Trinajstić information content (AvgIpc) is 2.79. The van der Waals surface area contributed by atoms with Gasteiger partial charge in [0, 0.05) is 12.1 Å². The molecule has 0 saturated heterocycles. The minimum atomic E-state index is -3.86. The molecule has 198 valence electrons. The monoisotopic (exact) mass is 519 g/mol. The molecule has 2 amide bonds. The first-order valence-corrected chi connectivity index (χ1v) is 13.6. The summed E-state index contributed by atoms with van der Waals surface area (Å²) in [6.45, 7) is 8.87. The summed E-state index contributed by atoms with van der Waals surface area (Å²) >= 11 is 0. The van der Waals surface area contributed by atoms with Crippen LogP contribution in [0.2, 0.25) is 0 Å². The van der Waals surface area contributed by atoms with Crippen molar-refractivity contribution in [2.45, 2.75) is 52.7 Å². The number of sulfonamides is 1. The smallest absolute Gasteiger partial charge is 0.244 e. The summed E-state index contributed by atoms with van der Waals surface area (Å²) < 4.78 is 37.5. The van der Waals surface area contributed by atoms with Gasteiger partial charge in [-0.2, -0.15) is 0 Å². The standard InChI is InChI=1S/C26H37N3O6S/c1-8-35-23-15-10-9-14-22(23)29(36(7,32)33)18-24(30)28(19(2)25(31)27-26(3,4)5)17-20-12-11-13-21(16-20)34-6/h9-16,19H,8,17-18H2,1-7H3,(H,27,31). The Labute approximate surface area is 214 Å². The van der Waals surface area contributed by atoms with Crippen LogP contribution in [0.5, 0.6) is 11.5 Å². The number of carbonyl (C=O) groups is 2. The predicted molar refractivity (Wildman–Crippen MR) is 141 cm³/mol. The van der Waals surface area contributed by atoms with Gasteiger partial charge in [-0.1, -0.05) is 24.3 Å². The van der Waals surface area contributed by atoms with E-state index in [0.29, 0.717) is 18.1 Å². The largest absolute Gasteiger partial charge is 0.497 e. The molecule has 1 atom stereocenters. The second-order valence-corrected chi connectivity index (χ2v) is 11.4. The Hall–Kier alpha value is -3.27. The molecular weight excluding hydrogens is 482 g/mol. The van der Waals surface area contributed by atoms with Crippen LogP contribution in [-0.2, 0) is 26.2 Å². The van der Waals surface area contributed by atoms with Gasteiger partial charge >= 0.3 is 0 Å². The molecule has 0 heterocycles. The van der Waals surface area contributed by atoms with Gasteiger partial charge in [0.25, 0.3) is 0 Å². The molecule has 0 aliphatic rings. The van der Waals surface area contributed by atoms with Crippen LogP contribution in [-0.4, -0.2) is 63.2 Å². The molecule has 9 nitrogen and oxygen atoms in total. The second kappa shape index (κ2) is 12.1. The number of amides is 2. The number of para-hydroxylation sites is 2. The number of benzene rings is 2. The first-order valence-electron chi connectivity index (χ1n) is 11.7. The Morgan fingerprint density at radius 2 is 1.75 bits per heavy atom. The Bertz CT molecular complexity index is 1160. The van der Waals surface area contributed by atoms with E-state index in [4.69, 9.17) is 9.47 Å². The van der Waals surface area contributed by atoms with E-state index in [0.717, 1.165) is 16.1 Å². The highest BCUT2D eigenvalue weighted by molar-refractivity contribution is 7.92. The molecule has 0 radical (unpaired) electrons. The van der Waals surface area contributed by atoms with E-state index in [1.54, 1.807) is 63.4 Å². The fourth-order valence-corrected chi connectivity index (χ4v) is 4.41. The first-order chi connectivity index (χ1) is 16.8. The second-order valence-electron chi connectivity index (χ2n) is 9.46. The van der Waals surface area contributed by atoms with Gasteiger partial charge in [0.2, 0.25) is 21.8 Å². The van der Waals surface area contributed by atoms with E-state index < -0.39 is 34.1 Å². The minimum absolute atomic E-state index is 0.0828. The SMILES string of the molecule is CCOc1ccccc1N(CC(=O)N(Cc1cccc(OC)c1)C(C)C(=O)NC(C)(C)C)S(C)(=O)=O. The summed E-state index contributed by atoms with van der Waals surface area (Å²) in [5.41, 5.74) is 0.479. The van der Waals surface area contributed by atoms with Gasteiger partial charge in [-0.3, -0.25) is 13.9 Å². The summed E-state index contributed by atoms with van der Waals surface area (Å²) in [5.74, 6) is 0.0664. The zero-order valence-electron chi connectivity index (χ0n) is 22.1. The topological polar surface area (TPSA) is 105 Å². The lowest BCUT2D eigenvalue weighted by Gasteiger charge is -2.33. The van der Waals surface area contributed by atoms with Crippen LogP contribution in [0.4, 0.5) is 5.69 Å². The number of rotatable bonds is 11. The lowest BCUT2D eigenvalue weighted by molar-refractivity contribution is -0.140. The van der Waals surface area contributed by atoms with Gasteiger partial charge in [-0.05, 0) is 64.4 Å². The number of hydrogen-bond acceptors (Lipinski definition) is 6. The summed E-state index contributed by atoms with van der Waals surface area (Å²) in [7, 11) is -2.32. The van der Waals surface area contributed by atoms with Crippen molar-refractivity contribution < 1.29 is 27.5 Å². The third-order valence-corrected chi connectivity index (χ3v) is 6.39. The van der Waals surface area contributed by atoms with E-state index in [-0.39, 0.29) is 18.1 Å². The predicted octanol–water partition coefficient (Wildman–Crippen LogP) is 3.19. The summed E-state index contributed by atoms with van der Waals surface area (Å²) in [6.07, 6.45) is 1.03. The zero-order valence-corrected chi connectivity index (χ0v) is 22.9. The van der Waals surface area contributed by atoms with Crippen LogP contribution in [0.1, 0.15) is 40.2 Å². The third kappa shape index (κ3) is 8.15. The van der Waals surface area contributed by atoms with E-state index in [2.05, 4.69) is 5.32 Å². The molecular formula is C26H37N3O6S. The number of nitrogens with zero attached hydrogens (tertiary/aromatic N) is 2. The van der Waals surface area contributed by atoms with Crippen molar-refractivity contribution in [2.75, 3.05) is 30.8 Å². The van der Waals surface area contributed by atoms with E-state index in [1.165, 1.54) is 4.90 Å². The molecule has 0 fully saturated rings. The van der Waals surface area contributed by atoms with Gasteiger partial charge in [0.15, 0.2) is 0 Å². The molecule has 2 aromatic carbocycles. The van der Waals surface area contributed by atoms with Gasteiger partial charge in [-0.15, -0.1) is 0 Å². The zero-order chi connectivity index (χ0) is 27.1. The highest BCUT2D eigenvalue weighted by Crippen LogP contribution is 2.30. The van der Waals surface area contributed by atoms with Crippen molar-refractivity contribution in [1.82, 2.24) is 10.2 Å². The molecule has 2 aromatic rings. The normalized spacial score (nSPS) is 12.4. The highest BCUT2D eigenvalue weighted by atomic mass is 32.2. The van der Waals surface area contributed by atoms with E-state index in [9.17, 15) is 18.0 Å². The molecule has 0 aliphatic heterocycles. The maximum absolute atomic E-state index is 13.7. The number of hydrogen-bond donors (Lipinski definition) is 1. The van der Waals surface area contributed by atoms with E-state index >= 15 is 0 Å². The number of nitrogens with one attached hydrogen (secondary N) is 1. The molecule has 1 unspecified atom stereocenters. The van der Waals surface area contributed by atoms with Gasteiger partial charge < -0.3 is 19.7 Å². The van der Waals surface area contributed by atoms with Crippen molar-refractivity contribution in [2.24, 2.45) is 0 Å². The Balaban J connectivity index is 2.47. The van der Waals surface area contributed by atoms with Crippen molar-refractivity contribution in [3.05, 3.63) is 54.1 Å². The van der Waals surface area contributed by atoms with Crippen LogP contribution in [0, 0.1) is 0 Å². The molecule has 0 aliphatic carbocycles. The van der Waals surface area contributed by atoms with Gasteiger partial charge in [0.05, 0.1) is 25.7 Å². The average molecular weight is 520 g/mol. The molecule has 0 spiro atoms. The summed E-state index contributed by atoms with van der Waals surface area (Å²) in [5, 5.41) is 2.89. The minimum Gasteiger partial charge on any atom is -0.497 e. The fourth-order valence-electron chi connectivity index (χ4n) is 3.56. The Morgan fingerprint density at radius 1 is 1.08 bits per heavy atom. The summed E-state index contributed by atoms with van der Waals surface area (Å²) in [6, 6.07) is 12.9. The van der Waals surface area contributed by atoms with E-state index in [1.807, 2.05) is 26.8 Å². The van der Waals surface area contributed by atoms with Gasteiger partial charge in [0.1, 0.15) is 24.1 Å². The number of anilines is 1. The van der Waals surface area contributed by atoms with Crippen molar-refractivity contribution in [1.29, 1.82) is 0 Å². The number of ether oxygens (including phenoxy) is 2. The lowest BCUT2D eigenvalue weighted by atomic mass is 10.1. The molecule has 1 N–H and O–H groups in total. The molecule has 0 aromatic heterocycles. The van der Waals surface area contributed by atoms with Crippen molar-refractivity contribution in [3.63, 3.8) is 0 Å². The van der Waals surface area contributed by atoms with Crippen LogP contribution in [0.15, 0.2) is 48.5 Å². The lowest BCUT2D eigenvalue weighted by Crippen LogP contribution is -2.54. The molecule has 36 heavy (non-hydrogen) atoms. The fraction of sp³-hybridized carbons (Fsp3) is 0.462. The van der Waals surface area contributed by atoms with Crippen molar-refractivity contribution in [3.8, 4) is 11.5 Å². The maximum Gasteiger partial charge on any atom is 0.244 e. The number of methoxy groups -OCH3 is 1. The quantitative estimate of drug-likeness (QED) is 0.489. The molecule has 0 saturated carbocycles. The number of carbonyl (C=O) groups excluding carboxylic acids is 2. The van der Waals surface area contributed by atoms with Crippen LogP contribution >= 0.6 is 0 Å². The third-order valence-electron chi connectivity index (χ3n) is 5.27. The molecule has 10 heteroatoms. The van der Waals surface area contributed by atoms with Gasteiger partial charge in [-0.25, -0.2) is 8.42 Å². The Morgan fingerprint density at radius 3 is 2.33 bits per heavy atom. The molecule has 0 bridgehead atoms. The highest BCUT2D eigenvalue weighted by Gasteiger charge is 2.32. The summed E-state index contributed by atoms with van der Waals surface area (Å²) in [4.78, 5) is 28.1. The maximum atomic E-state index is 13.7. The van der Waals surface area contributed by atoms with Crippen molar-refractivity contribution >= 4 is 27.5 Å². The van der Waals surface area contributed by atoms with Crippen LogP contribution in [0.3, 0.4) is 0 Å².